The number of nitrogens with one attached hydrogen (secondary N) is 2. The van der Waals surface area contributed by atoms with Crippen LogP contribution in [0.3, 0.4) is 0 Å². The molecule has 2 amide bonds. The van der Waals surface area contributed by atoms with Crippen molar-refractivity contribution in [2.24, 2.45) is 7.05 Å². The smallest absolute Gasteiger partial charge is 0.244 e. The minimum atomic E-state index is -0.273. The molecular weight excluding hydrogens is 605 g/mol. The second-order valence-corrected chi connectivity index (χ2v) is 10.5. The fourth-order valence-corrected chi connectivity index (χ4v) is 4.66. The number of rotatable bonds is 11. The fourth-order valence-electron chi connectivity index (χ4n) is 3.42. The largest absolute Gasteiger partial charge is 0.493 e. The molecule has 0 aliphatic heterocycles. The molecule has 1 heterocycles. The highest BCUT2D eigenvalue weighted by Gasteiger charge is 2.14. The molecule has 0 aliphatic rings. The van der Waals surface area contributed by atoms with Crippen LogP contribution in [0.15, 0.2) is 47.6 Å². The topological polar surface area (TPSA) is 107 Å². The van der Waals surface area contributed by atoms with Crippen LogP contribution in [0.25, 0.3) is 6.08 Å². The van der Waals surface area contributed by atoms with Crippen LogP contribution in [0.5, 0.6) is 11.5 Å². The monoisotopic (exact) mass is 635 g/mol. The van der Waals surface area contributed by atoms with Gasteiger partial charge in [0.2, 0.25) is 11.8 Å². The van der Waals surface area contributed by atoms with Crippen LogP contribution >= 0.6 is 34.4 Å². The van der Waals surface area contributed by atoms with Gasteiger partial charge in [-0.2, -0.15) is 0 Å². The van der Waals surface area contributed by atoms with E-state index in [1.54, 1.807) is 44.0 Å². The van der Waals surface area contributed by atoms with E-state index in [4.69, 9.17) is 9.47 Å². The van der Waals surface area contributed by atoms with Crippen molar-refractivity contribution in [3.8, 4) is 11.5 Å². The van der Waals surface area contributed by atoms with Crippen molar-refractivity contribution in [1.29, 1.82) is 0 Å². The molecule has 196 valence electrons. The molecule has 0 fully saturated rings. The average molecular weight is 636 g/mol. The lowest BCUT2D eigenvalue weighted by Crippen LogP contribution is -2.22. The number of carbonyl (C=O) groups is 2. The van der Waals surface area contributed by atoms with Gasteiger partial charge in [-0.05, 0) is 76.0 Å². The predicted octanol–water partition coefficient (Wildman–Crippen LogP) is 4.62. The van der Waals surface area contributed by atoms with Gasteiger partial charge in [0, 0.05) is 22.4 Å². The van der Waals surface area contributed by atoms with Crippen molar-refractivity contribution in [3.63, 3.8) is 0 Å². The molecule has 0 saturated heterocycles. The molecule has 0 bridgehead atoms. The molecule has 3 aromatic rings. The highest BCUT2D eigenvalue weighted by molar-refractivity contribution is 14.1. The van der Waals surface area contributed by atoms with Gasteiger partial charge < -0.3 is 24.7 Å². The predicted molar refractivity (Wildman–Crippen MR) is 154 cm³/mol. The molecule has 11 heteroatoms. The summed E-state index contributed by atoms with van der Waals surface area (Å²) < 4.78 is 13.4. The zero-order chi connectivity index (χ0) is 26.9. The first-order valence-electron chi connectivity index (χ1n) is 11.5. The van der Waals surface area contributed by atoms with Gasteiger partial charge in [-0.3, -0.25) is 9.59 Å². The molecule has 0 aliphatic carbocycles. The molecule has 9 nitrogen and oxygen atoms in total. The van der Waals surface area contributed by atoms with E-state index in [-0.39, 0.29) is 24.1 Å². The molecule has 2 aromatic carbocycles. The van der Waals surface area contributed by atoms with Crippen LogP contribution in [0.4, 0.5) is 5.69 Å². The molecule has 0 radical (unpaired) electrons. The Morgan fingerprint density at radius 1 is 1.11 bits per heavy atom. The maximum absolute atomic E-state index is 12.6. The fraction of sp³-hybridized carbons (Fsp3) is 0.308. The third kappa shape index (κ3) is 7.96. The molecule has 0 atom stereocenters. The lowest BCUT2D eigenvalue weighted by Gasteiger charge is -2.14. The van der Waals surface area contributed by atoms with Crippen molar-refractivity contribution in [2.45, 2.75) is 31.5 Å². The molecule has 3 rings (SSSR count). The summed E-state index contributed by atoms with van der Waals surface area (Å²) in [4.78, 5) is 24.9. The minimum absolute atomic E-state index is 0.119. The van der Waals surface area contributed by atoms with Gasteiger partial charge in [-0.1, -0.05) is 31.7 Å². The molecule has 2 N–H and O–H groups in total. The van der Waals surface area contributed by atoms with Crippen LogP contribution < -0.4 is 20.1 Å². The Morgan fingerprint density at radius 2 is 1.86 bits per heavy atom. The van der Waals surface area contributed by atoms with E-state index in [1.807, 2.05) is 18.2 Å². The SMILES string of the molecule is COc1ccc(/C=C/C(=O)NCc2nnc(SCC(=O)Nc3ccc(I)cc3C(C)C)n2C)cc1OC. The second-order valence-electron chi connectivity index (χ2n) is 8.35. The Morgan fingerprint density at radius 3 is 2.57 bits per heavy atom. The van der Waals surface area contributed by atoms with Crippen molar-refractivity contribution in [1.82, 2.24) is 20.1 Å². The number of methoxy groups -OCH3 is 2. The standard InChI is InChI=1S/C26H30IN5O4S/c1-16(2)19-13-18(27)8-9-20(19)29-25(34)15-37-26-31-30-23(32(26)3)14-28-24(33)11-7-17-6-10-21(35-4)22(12-17)36-5/h6-13,16H,14-15H2,1-5H3,(H,28,33)(H,29,34)/b11-7+. The van der Waals surface area contributed by atoms with Crippen LogP contribution in [0, 0.1) is 3.57 Å². The summed E-state index contributed by atoms with van der Waals surface area (Å²) in [7, 11) is 4.93. The lowest BCUT2D eigenvalue weighted by atomic mass is 10.0. The van der Waals surface area contributed by atoms with Crippen molar-refractivity contribution < 1.29 is 19.1 Å². The molecule has 0 unspecified atom stereocenters. The van der Waals surface area contributed by atoms with Crippen LogP contribution in [-0.4, -0.2) is 46.6 Å². The Hall–Kier alpha value is -3.06. The molecule has 0 saturated carbocycles. The Balaban J connectivity index is 1.52. The number of hydrogen-bond donors (Lipinski definition) is 2. The van der Waals surface area contributed by atoms with E-state index in [0.717, 1.165) is 20.4 Å². The first-order valence-corrected chi connectivity index (χ1v) is 13.6. The van der Waals surface area contributed by atoms with Crippen molar-refractivity contribution >= 4 is 57.9 Å². The Labute approximate surface area is 234 Å². The van der Waals surface area contributed by atoms with Gasteiger partial charge in [0.1, 0.15) is 0 Å². The number of halogens is 1. The zero-order valence-corrected chi connectivity index (χ0v) is 24.3. The number of amides is 2. The lowest BCUT2D eigenvalue weighted by molar-refractivity contribution is -0.116. The van der Waals surface area contributed by atoms with Gasteiger partial charge in [-0.25, -0.2) is 0 Å². The van der Waals surface area contributed by atoms with Crippen molar-refractivity contribution in [3.05, 3.63) is 63.0 Å². The zero-order valence-electron chi connectivity index (χ0n) is 21.4. The number of benzene rings is 2. The number of hydrogen-bond acceptors (Lipinski definition) is 7. The molecular formula is C26H30IN5O4S. The summed E-state index contributed by atoms with van der Waals surface area (Å²) in [6, 6.07) is 11.4. The van der Waals surface area contributed by atoms with E-state index in [9.17, 15) is 9.59 Å². The van der Waals surface area contributed by atoms with E-state index in [1.165, 1.54) is 17.8 Å². The number of nitrogens with zero attached hydrogens (tertiary/aromatic N) is 3. The first kappa shape index (κ1) is 28.5. The third-order valence-electron chi connectivity index (χ3n) is 5.42. The maximum atomic E-state index is 12.6. The van der Waals surface area contributed by atoms with E-state index >= 15 is 0 Å². The second kappa shape index (κ2) is 13.5. The van der Waals surface area contributed by atoms with Gasteiger partial charge in [-0.15, -0.1) is 10.2 Å². The Kier molecular flexibility index (Phi) is 10.4. The number of aromatic nitrogens is 3. The van der Waals surface area contributed by atoms with Gasteiger partial charge >= 0.3 is 0 Å². The number of thioether (sulfide) groups is 1. The van der Waals surface area contributed by atoms with Gasteiger partial charge in [0.25, 0.3) is 0 Å². The van der Waals surface area contributed by atoms with Crippen LogP contribution in [0.2, 0.25) is 0 Å². The summed E-state index contributed by atoms with van der Waals surface area (Å²) in [6.07, 6.45) is 3.12. The Bertz CT molecular complexity index is 1290. The summed E-state index contributed by atoms with van der Waals surface area (Å²) in [5, 5.41) is 14.7. The van der Waals surface area contributed by atoms with E-state index in [0.29, 0.717) is 28.4 Å². The average Bonchev–Trinajstić information content (AvgIpc) is 3.24. The maximum Gasteiger partial charge on any atom is 0.244 e. The third-order valence-corrected chi connectivity index (χ3v) is 7.11. The highest BCUT2D eigenvalue weighted by atomic mass is 127. The van der Waals surface area contributed by atoms with Gasteiger partial charge in [0.05, 0.1) is 26.5 Å². The van der Waals surface area contributed by atoms with Gasteiger partial charge in [0.15, 0.2) is 22.5 Å². The van der Waals surface area contributed by atoms with Crippen molar-refractivity contribution in [2.75, 3.05) is 25.3 Å². The number of ether oxygens (including phenoxy) is 2. The number of anilines is 1. The number of carbonyl (C=O) groups excluding carboxylic acids is 2. The normalized spacial score (nSPS) is 11.1. The summed E-state index contributed by atoms with van der Waals surface area (Å²) >= 11 is 3.56. The van der Waals surface area contributed by atoms with E-state index < -0.39 is 0 Å². The summed E-state index contributed by atoms with van der Waals surface area (Å²) in [5.41, 5.74) is 2.72. The highest BCUT2D eigenvalue weighted by Crippen LogP contribution is 2.28. The minimum Gasteiger partial charge on any atom is -0.493 e. The first-order chi connectivity index (χ1) is 17.7. The van der Waals surface area contributed by atoms with Crippen LogP contribution in [-0.2, 0) is 23.2 Å². The van der Waals surface area contributed by atoms with E-state index in [2.05, 4.69) is 63.3 Å². The summed E-state index contributed by atoms with van der Waals surface area (Å²) in [5.74, 6) is 1.87. The molecule has 0 spiro atoms. The quantitative estimate of drug-likeness (QED) is 0.180. The molecule has 1 aromatic heterocycles. The molecule has 37 heavy (non-hydrogen) atoms. The summed E-state index contributed by atoms with van der Waals surface area (Å²) in [6.45, 7) is 4.40. The van der Waals surface area contributed by atoms with Crippen LogP contribution in [0.1, 0.15) is 36.7 Å².